The molecule has 1 aliphatic rings. The van der Waals surface area contributed by atoms with Gasteiger partial charge in [-0.05, 0) is 58.2 Å². The molecule has 0 aliphatic carbocycles. The predicted octanol–water partition coefficient (Wildman–Crippen LogP) is 2.84. The molecule has 23 heavy (non-hydrogen) atoms. The second-order valence-corrected chi connectivity index (χ2v) is 7.12. The van der Waals surface area contributed by atoms with Crippen LogP contribution in [-0.4, -0.2) is 36.0 Å². The maximum Gasteiger partial charge on any atom is 0.414 e. The van der Waals surface area contributed by atoms with Gasteiger partial charge >= 0.3 is 6.09 Å². The quantitative estimate of drug-likeness (QED) is 0.819. The number of para-hydroxylation sites is 1. The Morgan fingerprint density at radius 2 is 2.17 bits per heavy atom. The van der Waals surface area contributed by atoms with Crippen LogP contribution in [0.2, 0.25) is 0 Å². The molecule has 5 nitrogen and oxygen atoms in total. The summed E-state index contributed by atoms with van der Waals surface area (Å²) < 4.78 is 5.52. The summed E-state index contributed by atoms with van der Waals surface area (Å²) in [7, 11) is 0. The minimum Gasteiger partial charge on any atom is -0.443 e. The van der Waals surface area contributed by atoms with Gasteiger partial charge < -0.3 is 15.2 Å². The average Bonchev–Trinajstić information content (AvgIpc) is 2.86. The van der Waals surface area contributed by atoms with E-state index >= 15 is 0 Å². The van der Waals surface area contributed by atoms with Crippen molar-refractivity contribution in [2.45, 2.75) is 58.8 Å². The van der Waals surface area contributed by atoms with E-state index in [1.54, 1.807) is 11.8 Å². The first-order valence-electron chi connectivity index (χ1n) is 8.28. The molecule has 1 amide bonds. The summed E-state index contributed by atoms with van der Waals surface area (Å²) in [6, 6.07) is 6.14. The second-order valence-electron chi connectivity index (χ2n) is 7.12. The summed E-state index contributed by atoms with van der Waals surface area (Å²) in [5, 5.41) is 12.6. The van der Waals surface area contributed by atoms with E-state index in [4.69, 9.17) is 4.74 Å². The first-order valence-corrected chi connectivity index (χ1v) is 8.28. The van der Waals surface area contributed by atoms with E-state index < -0.39 is 5.60 Å². The number of carbonyl (C=O) groups is 1. The Hall–Kier alpha value is -1.59. The van der Waals surface area contributed by atoms with Crippen LogP contribution in [0, 0.1) is 0 Å². The molecule has 2 rings (SSSR count). The van der Waals surface area contributed by atoms with Crippen molar-refractivity contribution >= 4 is 11.8 Å². The average molecular weight is 320 g/mol. The van der Waals surface area contributed by atoms with Crippen molar-refractivity contribution in [3.8, 4) is 0 Å². The zero-order valence-corrected chi connectivity index (χ0v) is 14.6. The maximum absolute atomic E-state index is 12.4. The molecule has 0 saturated heterocycles. The van der Waals surface area contributed by atoms with Crippen LogP contribution in [0.15, 0.2) is 18.2 Å². The van der Waals surface area contributed by atoms with Gasteiger partial charge in [-0.3, -0.25) is 4.90 Å². The minimum absolute atomic E-state index is 0.285. The van der Waals surface area contributed by atoms with Crippen LogP contribution in [-0.2, 0) is 17.7 Å². The van der Waals surface area contributed by atoms with Crippen LogP contribution in [0.4, 0.5) is 10.5 Å². The number of nitrogens with one attached hydrogen (secondary N) is 1. The van der Waals surface area contributed by atoms with Crippen LogP contribution in [0.25, 0.3) is 0 Å². The first kappa shape index (κ1) is 17.8. The predicted molar refractivity (Wildman–Crippen MR) is 91.7 cm³/mol. The molecule has 1 aromatic carbocycles. The summed E-state index contributed by atoms with van der Waals surface area (Å²) in [5.41, 5.74) is 2.76. The highest BCUT2D eigenvalue weighted by Gasteiger charge is 2.30. The fourth-order valence-corrected chi connectivity index (χ4v) is 2.71. The van der Waals surface area contributed by atoms with Crippen molar-refractivity contribution in [3.05, 3.63) is 29.3 Å². The third kappa shape index (κ3) is 4.94. The Morgan fingerprint density at radius 1 is 1.43 bits per heavy atom. The lowest BCUT2D eigenvalue weighted by molar-refractivity contribution is 0.0583. The summed E-state index contributed by atoms with van der Waals surface area (Å²) in [6.45, 7) is 9.51. The smallest absolute Gasteiger partial charge is 0.414 e. The molecule has 0 spiro atoms. The number of ether oxygens (including phenoxy) is 1. The molecule has 1 unspecified atom stereocenters. The van der Waals surface area contributed by atoms with Crippen molar-refractivity contribution in [1.82, 2.24) is 5.32 Å². The Kier molecular flexibility index (Phi) is 5.65. The largest absolute Gasteiger partial charge is 0.443 e. The molecular formula is C18H28N2O3. The normalized spacial score (nSPS) is 15.4. The van der Waals surface area contributed by atoms with Crippen LogP contribution in [0.5, 0.6) is 0 Å². The molecule has 1 heterocycles. The fourth-order valence-electron chi connectivity index (χ4n) is 2.71. The third-order valence-corrected chi connectivity index (χ3v) is 3.75. The zero-order valence-electron chi connectivity index (χ0n) is 14.6. The number of nitrogens with zero attached hydrogens (tertiary/aromatic N) is 1. The van der Waals surface area contributed by atoms with E-state index in [-0.39, 0.29) is 12.2 Å². The van der Waals surface area contributed by atoms with E-state index in [1.807, 2.05) is 32.9 Å². The lowest BCUT2D eigenvalue weighted by atomic mass is 10.1. The standard InChI is InChI=1S/C18H28N2O3/c1-13(21)8-10-19-12-15-7-5-6-14-9-11-20(16(14)15)17(22)23-18(2,3)4/h5-7,13,19,21H,8-12H2,1-4H3. The van der Waals surface area contributed by atoms with Gasteiger partial charge in [0.1, 0.15) is 5.60 Å². The third-order valence-electron chi connectivity index (χ3n) is 3.75. The lowest BCUT2D eigenvalue weighted by Gasteiger charge is -2.26. The fraction of sp³-hybridized carbons (Fsp3) is 0.611. The minimum atomic E-state index is -0.496. The number of aliphatic hydroxyl groups excluding tert-OH is 1. The zero-order chi connectivity index (χ0) is 17.0. The number of hydrogen-bond donors (Lipinski definition) is 2. The van der Waals surface area contributed by atoms with E-state index in [0.717, 1.165) is 24.2 Å². The molecule has 0 fully saturated rings. The summed E-state index contributed by atoms with van der Waals surface area (Å²) in [6.07, 6.45) is 0.982. The molecule has 1 aromatic rings. The number of rotatable bonds is 5. The molecule has 2 N–H and O–H groups in total. The van der Waals surface area contributed by atoms with Gasteiger partial charge in [-0.1, -0.05) is 18.2 Å². The monoisotopic (exact) mass is 320 g/mol. The maximum atomic E-state index is 12.4. The summed E-state index contributed by atoms with van der Waals surface area (Å²) in [4.78, 5) is 14.2. The van der Waals surface area contributed by atoms with E-state index in [2.05, 4.69) is 11.4 Å². The Bertz CT molecular complexity index is 550. The lowest BCUT2D eigenvalue weighted by Crippen LogP contribution is -2.36. The van der Waals surface area contributed by atoms with Gasteiger partial charge in [-0.2, -0.15) is 0 Å². The molecule has 5 heteroatoms. The van der Waals surface area contributed by atoms with E-state index in [9.17, 15) is 9.90 Å². The van der Waals surface area contributed by atoms with E-state index in [1.165, 1.54) is 5.56 Å². The van der Waals surface area contributed by atoms with Gasteiger partial charge in [0, 0.05) is 13.1 Å². The molecule has 1 aliphatic heterocycles. The Labute approximate surface area is 138 Å². The highest BCUT2D eigenvalue weighted by molar-refractivity contribution is 5.91. The number of benzene rings is 1. The van der Waals surface area contributed by atoms with Crippen molar-refractivity contribution in [1.29, 1.82) is 0 Å². The summed E-state index contributed by atoms with van der Waals surface area (Å²) in [5.74, 6) is 0. The molecular weight excluding hydrogens is 292 g/mol. The SMILES string of the molecule is CC(O)CCNCc1cccc2c1N(C(=O)OC(C)(C)C)CC2. The Morgan fingerprint density at radius 3 is 2.83 bits per heavy atom. The summed E-state index contributed by atoms with van der Waals surface area (Å²) >= 11 is 0. The van der Waals surface area contributed by atoms with Gasteiger partial charge in [0.2, 0.25) is 0 Å². The number of hydrogen-bond acceptors (Lipinski definition) is 4. The first-order chi connectivity index (χ1) is 10.8. The van der Waals surface area contributed by atoms with E-state index in [0.29, 0.717) is 19.5 Å². The molecule has 0 saturated carbocycles. The van der Waals surface area contributed by atoms with Crippen LogP contribution >= 0.6 is 0 Å². The molecule has 1 atom stereocenters. The van der Waals surface area contributed by atoms with Crippen LogP contribution in [0.1, 0.15) is 45.2 Å². The highest BCUT2D eigenvalue weighted by Crippen LogP contribution is 2.33. The number of carbonyl (C=O) groups excluding carboxylic acids is 1. The van der Waals surface area contributed by atoms with Crippen LogP contribution < -0.4 is 10.2 Å². The molecule has 0 bridgehead atoms. The van der Waals surface area contributed by atoms with Gasteiger partial charge in [0.05, 0.1) is 11.8 Å². The number of anilines is 1. The Balaban J connectivity index is 2.09. The van der Waals surface area contributed by atoms with Crippen molar-refractivity contribution in [2.75, 3.05) is 18.0 Å². The van der Waals surface area contributed by atoms with Gasteiger partial charge in [-0.25, -0.2) is 4.79 Å². The van der Waals surface area contributed by atoms with Crippen molar-refractivity contribution < 1.29 is 14.6 Å². The second kappa shape index (κ2) is 7.32. The number of amides is 1. The van der Waals surface area contributed by atoms with Gasteiger partial charge in [0.25, 0.3) is 0 Å². The topological polar surface area (TPSA) is 61.8 Å². The highest BCUT2D eigenvalue weighted by atomic mass is 16.6. The van der Waals surface area contributed by atoms with Crippen molar-refractivity contribution in [2.24, 2.45) is 0 Å². The van der Waals surface area contributed by atoms with Crippen LogP contribution in [0.3, 0.4) is 0 Å². The number of fused-ring (bicyclic) bond motifs is 1. The molecule has 0 aromatic heterocycles. The van der Waals surface area contributed by atoms with Gasteiger partial charge in [-0.15, -0.1) is 0 Å². The molecule has 128 valence electrons. The molecule has 0 radical (unpaired) electrons. The van der Waals surface area contributed by atoms with Crippen molar-refractivity contribution in [3.63, 3.8) is 0 Å². The van der Waals surface area contributed by atoms with Gasteiger partial charge in [0.15, 0.2) is 0 Å². The number of aliphatic hydroxyl groups is 1.